The number of hydrogen-bond donors (Lipinski definition) is 3. The Morgan fingerprint density at radius 1 is 0.806 bits per heavy atom. The van der Waals surface area contributed by atoms with Gasteiger partial charge in [0.25, 0.3) is 17.7 Å². The van der Waals surface area contributed by atoms with Crippen molar-refractivity contribution in [2.24, 2.45) is 5.92 Å². The van der Waals surface area contributed by atoms with E-state index in [2.05, 4.69) is 36.9 Å². The number of methoxy groups -OCH3 is 1. The van der Waals surface area contributed by atoms with Crippen LogP contribution in [0.5, 0.6) is 5.75 Å². The van der Waals surface area contributed by atoms with Crippen molar-refractivity contribution in [1.82, 2.24) is 16.2 Å². The highest BCUT2D eigenvalue weighted by molar-refractivity contribution is 5.99. The van der Waals surface area contributed by atoms with Crippen LogP contribution in [0.4, 0.5) is 0 Å². The van der Waals surface area contributed by atoms with E-state index in [4.69, 9.17) is 4.74 Å². The second-order valence-corrected chi connectivity index (χ2v) is 8.69. The molecule has 0 radical (unpaired) electrons. The number of carbonyl (C=O) groups is 3. The fourth-order valence-electron chi connectivity index (χ4n) is 2.89. The fourth-order valence-corrected chi connectivity index (χ4v) is 2.89. The third-order valence-electron chi connectivity index (χ3n) is 4.90. The largest absolute Gasteiger partial charge is 0.497 e. The summed E-state index contributed by atoms with van der Waals surface area (Å²) in [7, 11) is 1.54. The zero-order valence-corrected chi connectivity index (χ0v) is 18.9. The third kappa shape index (κ3) is 6.57. The van der Waals surface area contributed by atoms with E-state index in [9.17, 15) is 14.4 Å². The monoisotopic (exact) mass is 425 g/mol. The molecule has 0 saturated carbocycles. The molecule has 0 saturated heterocycles. The van der Waals surface area contributed by atoms with E-state index in [0.717, 1.165) is 5.56 Å². The quantitative estimate of drug-likeness (QED) is 0.619. The molecular weight excluding hydrogens is 394 g/mol. The number of hydrazine groups is 1. The molecule has 3 amide bonds. The molecule has 2 aromatic rings. The van der Waals surface area contributed by atoms with Crippen LogP contribution in [0.25, 0.3) is 0 Å². The van der Waals surface area contributed by atoms with Crippen LogP contribution in [0.3, 0.4) is 0 Å². The van der Waals surface area contributed by atoms with E-state index >= 15 is 0 Å². The summed E-state index contributed by atoms with van der Waals surface area (Å²) in [6.45, 7) is 9.93. The van der Waals surface area contributed by atoms with Crippen molar-refractivity contribution in [1.29, 1.82) is 0 Å². The SMILES string of the molecule is COc1ccc(C(=O)NNC(=O)[C@H](NC(=O)c2ccc(C(C)(C)C)cc2)C(C)C)cc1. The lowest BCUT2D eigenvalue weighted by Crippen LogP contribution is -2.54. The molecule has 0 unspecified atom stereocenters. The lowest BCUT2D eigenvalue weighted by atomic mass is 9.86. The van der Waals surface area contributed by atoms with Gasteiger partial charge in [0.2, 0.25) is 0 Å². The molecule has 0 aliphatic heterocycles. The Bertz CT molecular complexity index is 913. The van der Waals surface area contributed by atoms with Gasteiger partial charge in [-0.25, -0.2) is 0 Å². The maximum absolute atomic E-state index is 12.7. The first-order valence-corrected chi connectivity index (χ1v) is 10.2. The van der Waals surface area contributed by atoms with Gasteiger partial charge in [0.05, 0.1) is 7.11 Å². The van der Waals surface area contributed by atoms with Gasteiger partial charge in [-0.15, -0.1) is 0 Å². The van der Waals surface area contributed by atoms with Gasteiger partial charge >= 0.3 is 0 Å². The van der Waals surface area contributed by atoms with Crippen LogP contribution in [0, 0.1) is 5.92 Å². The van der Waals surface area contributed by atoms with Gasteiger partial charge in [-0.1, -0.05) is 46.8 Å². The van der Waals surface area contributed by atoms with E-state index in [1.807, 2.05) is 26.0 Å². The minimum Gasteiger partial charge on any atom is -0.497 e. The van der Waals surface area contributed by atoms with Crippen molar-refractivity contribution in [3.8, 4) is 5.75 Å². The molecule has 2 aromatic carbocycles. The van der Waals surface area contributed by atoms with Gasteiger partial charge in [-0.3, -0.25) is 25.2 Å². The smallest absolute Gasteiger partial charge is 0.269 e. The van der Waals surface area contributed by atoms with Crippen molar-refractivity contribution in [2.75, 3.05) is 7.11 Å². The van der Waals surface area contributed by atoms with Gasteiger partial charge in [0.1, 0.15) is 11.8 Å². The molecule has 7 nitrogen and oxygen atoms in total. The normalized spacial score (nSPS) is 12.1. The standard InChI is InChI=1S/C24H31N3O4/c1-15(2)20(25-21(28)16-7-11-18(12-8-16)24(3,4)5)23(30)27-26-22(29)17-9-13-19(31-6)14-10-17/h7-15,20H,1-6H3,(H,25,28)(H,26,29)(H,27,30)/t20-/m1/s1. The van der Waals surface area contributed by atoms with Crippen molar-refractivity contribution in [3.63, 3.8) is 0 Å². The van der Waals surface area contributed by atoms with Gasteiger partial charge in [-0.2, -0.15) is 0 Å². The van der Waals surface area contributed by atoms with Gasteiger partial charge in [-0.05, 0) is 53.3 Å². The number of ether oxygens (including phenoxy) is 1. The van der Waals surface area contributed by atoms with E-state index in [1.54, 1.807) is 36.4 Å². The summed E-state index contributed by atoms with van der Waals surface area (Å²) >= 11 is 0. The number of nitrogens with one attached hydrogen (secondary N) is 3. The summed E-state index contributed by atoms with van der Waals surface area (Å²) in [6.07, 6.45) is 0. The topological polar surface area (TPSA) is 96.5 Å². The molecule has 0 heterocycles. The van der Waals surface area contributed by atoms with E-state index in [1.165, 1.54) is 7.11 Å². The molecule has 1 atom stereocenters. The van der Waals surface area contributed by atoms with Crippen LogP contribution >= 0.6 is 0 Å². The first kappa shape index (κ1) is 23.9. The third-order valence-corrected chi connectivity index (χ3v) is 4.90. The van der Waals surface area contributed by atoms with Crippen molar-refractivity contribution in [3.05, 3.63) is 65.2 Å². The predicted molar refractivity (Wildman–Crippen MR) is 120 cm³/mol. The lowest BCUT2D eigenvalue weighted by Gasteiger charge is -2.22. The molecule has 166 valence electrons. The number of benzene rings is 2. The van der Waals surface area contributed by atoms with Crippen LogP contribution in [0.2, 0.25) is 0 Å². The van der Waals surface area contributed by atoms with E-state index < -0.39 is 17.9 Å². The summed E-state index contributed by atoms with van der Waals surface area (Å²) in [4.78, 5) is 37.5. The Balaban J connectivity index is 1.99. The van der Waals surface area contributed by atoms with Gasteiger partial charge in [0, 0.05) is 11.1 Å². The Kier molecular flexibility index (Phi) is 7.80. The van der Waals surface area contributed by atoms with Crippen molar-refractivity contribution in [2.45, 2.75) is 46.1 Å². The zero-order valence-electron chi connectivity index (χ0n) is 18.9. The minimum atomic E-state index is -0.814. The van der Waals surface area contributed by atoms with Crippen LogP contribution in [-0.2, 0) is 10.2 Å². The molecule has 0 spiro atoms. The lowest BCUT2D eigenvalue weighted by molar-refractivity contribution is -0.124. The van der Waals surface area contributed by atoms with E-state index in [0.29, 0.717) is 16.9 Å². The average Bonchev–Trinajstić information content (AvgIpc) is 2.74. The second-order valence-electron chi connectivity index (χ2n) is 8.69. The first-order chi connectivity index (χ1) is 14.5. The zero-order chi connectivity index (χ0) is 23.2. The number of rotatable bonds is 6. The number of hydrogen-bond acceptors (Lipinski definition) is 4. The fraction of sp³-hybridized carbons (Fsp3) is 0.375. The summed E-state index contributed by atoms with van der Waals surface area (Å²) < 4.78 is 5.06. The molecule has 2 rings (SSSR count). The highest BCUT2D eigenvalue weighted by Crippen LogP contribution is 2.22. The number of amides is 3. The maximum Gasteiger partial charge on any atom is 0.269 e. The number of carbonyl (C=O) groups excluding carboxylic acids is 3. The molecule has 3 N–H and O–H groups in total. The minimum absolute atomic E-state index is 0.0164. The van der Waals surface area contributed by atoms with Crippen LogP contribution < -0.4 is 20.9 Å². The average molecular weight is 426 g/mol. The van der Waals surface area contributed by atoms with Crippen LogP contribution in [-0.4, -0.2) is 30.9 Å². The molecule has 0 aromatic heterocycles. The van der Waals surface area contributed by atoms with Crippen molar-refractivity contribution >= 4 is 17.7 Å². The Hall–Kier alpha value is -3.35. The molecule has 0 aliphatic rings. The van der Waals surface area contributed by atoms with E-state index in [-0.39, 0.29) is 17.2 Å². The molecule has 7 heteroatoms. The molecule has 0 fully saturated rings. The highest BCUT2D eigenvalue weighted by Gasteiger charge is 2.25. The summed E-state index contributed by atoms with van der Waals surface area (Å²) in [5.74, 6) is -0.885. The maximum atomic E-state index is 12.7. The van der Waals surface area contributed by atoms with Crippen LogP contribution in [0.1, 0.15) is 60.9 Å². The summed E-state index contributed by atoms with van der Waals surface area (Å²) in [5.41, 5.74) is 6.70. The molecular formula is C24H31N3O4. The molecule has 0 bridgehead atoms. The van der Waals surface area contributed by atoms with Crippen molar-refractivity contribution < 1.29 is 19.1 Å². The predicted octanol–water partition coefficient (Wildman–Crippen LogP) is 3.21. The van der Waals surface area contributed by atoms with Gasteiger partial charge < -0.3 is 10.1 Å². The summed E-state index contributed by atoms with van der Waals surface area (Å²) in [6, 6.07) is 13.0. The van der Waals surface area contributed by atoms with Crippen LogP contribution in [0.15, 0.2) is 48.5 Å². The highest BCUT2D eigenvalue weighted by atomic mass is 16.5. The Morgan fingerprint density at radius 2 is 1.32 bits per heavy atom. The van der Waals surface area contributed by atoms with Gasteiger partial charge in [0.15, 0.2) is 0 Å². The second kappa shape index (κ2) is 10.1. The Labute approximate surface area is 183 Å². The summed E-state index contributed by atoms with van der Waals surface area (Å²) in [5, 5.41) is 2.75. The molecule has 31 heavy (non-hydrogen) atoms. The Morgan fingerprint density at radius 3 is 1.81 bits per heavy atom. The first-order valence-electron chi connectivity index (χ1n) is 10.2. The molecule has 0 aliphatic carbocycles.